The lowest BCUT2D eigenvalue weighted by molar-refractivity contribution is -0.115. The van der Waals surface area contributed by atoms with Crippen molar-refractivity contribution in [3.05, 3.63) is 40.9 Å². The summed E-state index contributed by atoms with van der Waals surface area (Å²) in [4.78, 5) is 31.7. The van der Waals surface area contributed by atoms with Crippen LogP contribution >= 0.6 is 0 Å². The van der Waals surface area contributed by atoms with Crippen molar-refractivity contribution in [3.63, 3.8) is 0 Å². The van der Waals surface area contributed by atoms with Crippen LogP contribution in [0.1, 0.15) is 52.9 Å². The molecule has 176 valence electrons. The second-order valence-electron chi connectivity index (χ2n) is 9.25. The third-order valence-electron chi connectivity index (χ3n) is 5.63. The third kappa shape index (κ3) is 6.29. The van der Waals surface area contributed by atoms with Gasteiger partial charge in [-0.3, -0.25) is 9.36 Å². The number of hydrogen-bond acceptors (Lipinski definition) is 6. The van der Waals surface area contributed by atoms with E-state index in [0.717, 1.165) is 32.1 Å². The topological polar surface area (TPSA) is 82.9 Å². The summed E-state index contributed by atoms with van der Waals surface area (Å²) in [6, 6.07) is 7.29. The molecular weight excluding hydrogens is 410 g/mol. The summed E-state index contributed by atoms with van der Waals surface area (Å²) in [7, 11) is 1.60. The van der Waals surface area contributed by atoms with Crippen LogP contribution in [0.15, 0.2) is 35.4 Å². The highest BCUT2D eigenvalue weighted by Gasteiger charge is 2.36. The molecule has 0 saturated carbocycles. The number of methoxy groups -OCH3 is 1. The third-order valence-corrected chi connectivity index (χ3v) is 5.63. The summed E-state index contributed by atoms with van der Waals surface area (Å²) in [5, 5.41) is 0.631. The molecule has 2 aromatic rings. The lowest BCUT2D eigenvalue weighted by Crippen LogP contribution is -2.53. The molecule has 0 spiro atoms. The number of unbranched alkanes of at least 4 members (excludes halogenated alkanes) is 1. The largest absolute Gasteiger partial charge is 0.444 e. The number of ether oxygens (including phenoxy) is 3. The van der Waals surface area contributed by atoms with Gasteiger partial charge >= 0.3 is 6.09 Å². The van der Waals surface area contributed by atoms with Gasteiger partial charge in [0.25, 0.3) is 5.56 Å². The molecule has 2 atom stereocenters. The second kappa shape index (κ2) is 10.9. The number of carbonyl (C=O) groups is 1. The number of hydrogen-bond donors (Lipinski definition) is 0. The molecule has 8 nitrogen and oxygen atoms in total. The van der Waals surface area contributed by atoms with Crippen LogP contribution in [0.25, 0.3) is 10.9 Å². The van der Waals surface area contributed by atoms with E-state index in [1.165, 1.54) is 0 Å². The van der Waals surface area contributed by atoms with Gasteiger partial charge in [-0.15, -0.1) is 0 Å². The minimum absolute atomic E-state index is 0.0232. The molecule has 0 radical (unpaired) electrons. The van der Waals surface area contributed by atoms with E-state index in [-0.39, 0.29) is 30.6 Å². The molecule has 32 heavy (non-hydrogen) atoms. The Morgan fingerprint density at radius 2 is 2.00 bits per heavy atom. The van der Waals surface area contributed by atoms with Gasteiger partial charge in [0.1, 0.15) is 12.4 Å². The first-order valence-corrected chi connectivity index (χ1v) is 11.3. The Morgan fingerprint density at radius 1 is 1.22 bits per heavy atom. The van der Waals surface area contributed by atoms with E-state index in [1.807, 2.05) is 39.0 Å². The number of rotatable bonds is 8. The first-order valence-electron chi connectivity index (χ1n) is 11.3. The van der Waals surface area contributed by atoms with Gasteiger partial charge in [-0.2, -0.15) is 0 Å². The standard InChI is InChI=1S/C24H35N3O5/c1-24(2,3)32-23(29)27-15-9-13-21(31-17-30-4)20(27)12-7-8-14-26-16-25-19-11-6-5-10-18(19)22(26)28/h5-6,10-11,16,20-21H,7-9,12-15,17H2,1-4H3/t20-,21+/m1/s1. The molecule has 1 fully saturated rings. The number of fused-ring (bicyclic) bond motifs is 1. The highest BCUT2D eigenvalue weighted by molar-refractivity contribution is 5.76. The van der Waals surface area contributed by atoms with Gasteiger partial charge < -0.3 is 19.1 Å². The summed E-state index contributed by atoms with van der Waals surface area (Å²) in [5.74, 6) is 0. The van der Waals surface area contributed by atoms with Crippen molar-refractivity contribution in [3.8, 4) is 0 Å². The van der Waals surface area contributed by atoms with Crippen molar-refractivity contribution in [1.82, 2.24) is 14.5 Å². The summed E-state index contributed by atoms with van der Waals surface area (Å²) >= 11 is 0. The van der Waals surface area contributed by atoms with Crippen LogP contribution in [-0.4, -0.2) is 58.7 Å². The molecule has 1 amide bonds. The molecule has 8 heteroatoms. The number of para-hydroxylation sites is 1. The Kier molecular flexibility index (Phi) is 8.26. The predicted molar refractivity (Wildman–Crippen MR) is 123 cm³/mol. The monoisotopic (exact) mass is 445 g/mol. The molecule has 0 aliphatic carbocycles. The van der Waals surface area contributed by atoms with E-state index in [2.05, 4.69) is 4.98 Å². The molecule has 0 N–H and O–H groups in total. The Hall–Kier alpha value is -2.45. The zero-order chi connectivity index (χ0) is 23.1. The van der Waals surface area contributed by atoms with Crippen molar-refractivity contribution in [2.45, 2.75) is 77.2 Å². The van der Waals surface area contributed by atoms with Crippen LogP contribution in [0.3, 0.4) is 0 Å². The second-order valence-corrected chi connectivity index (χ2v) is 9.25. The van der Waals surface area contributed by atoms with Crippen LogP contribution in [0.5, 0.6) is 0 Å². The van der Waals surface area contributed by atoms with Crippen LogP contribution < -0.4 is 5.56 Å². The summed E-state index contributed by atoms with van der Waals surface area (Å²) in [5.41, 5.74) is 0.138. The van der Waals surface area contributed by atoms with Gasteiger partial charge in [-0.25, -0.2) is 9.78 Å². The number of amides is 1. The van der Waals surface area contributed by atoms with Gasteiger partial charge in [0, 0.05) is 20.2 Å². The smallest absolute Gasteiger partial charge is 0.410 e. The summed E-state index contributed by atoms with van der Waals surface area (Å²) in [6.45, 7) is 7.05. The van der Waals surface area contributed by atoms with Gasteiger partial charge in [0.05, 0.1) is 29.4 Å². The molecule has 3 rings (SSSR count). The molecule has 1 aromatic carbocycles. The molecule has 0 bridgehead atoms. The van der Waals surface area contributed by atoms with Crippen LogP contribution in [0.2, 0.25) is 0 Å². The molecule has 1 saturated heterocycles. The van der Waals surface area contributed by atoms with E-state index in [0.29, 0.717) is 24.0 Å². The van der Waals surface area contributed by atoms with Crippen molar-refractivity contribution in [2.75, 3.05) is 20.4 Å². The number of nitrogens with zero attached hydrogens (tertiary/aromatic N) is 3. The highest BCUT2D eigenvalue weighted by Crippen LogP contribution is 2.26. The molecule has 1 aliphatic rings. The maximum absolute atomic E-state index is 12.8. The zero-order valence-corrected chi connectivity index (χ0v) is 19.6. The molecule has 2 heterocycles. The lowest BCUT2D eigenvalue weighted by Gasteiger charge is -2.41. The predicted octanol–water partition coefficient (Wildman–Crippen LogP) is 3.96. The summed E-state index contributed by atoms with van der Waals surface area (Å²) < 4.78 is 18.3. The van der Waals surface area contributed by atoms with Gasteiger partial charge in [-0.1, -0.05) is 12.1 Å². The van der Waals surface area contributed by atoms with E-state index in [1.54, 1.807) is 29.0 Å². The fraction of sp³-hybridized carbons (Fsp3) is 0.625. The van der Waals surface area contributed by atoms with Gasteiger partial charge in [0.2, 0.25) is 0 Å². The highest BCUT2D eigenvalue weighted by atomic mass is 16.7. The number of piperidine rings is 1. The number of benzene rings is 1. The Labute approximate surface area is 189 Å². The number of aryl methyl sites for hydroxylation is 1. The Balaban J connectivity index is 1.64. The van der Waals surface area contributed by atoms with Gasteiger partial charge in [0.15, 0.2) is 0 Å². The fourth-order valence-corrected chi connectivity index (χ4v) is 4.16. The number of aromatic nitrogens is 2. The average molecular weight is 446 g/mol. The van der Waals surface area contributed by atoms with Crippen molar-refractivity contribution < 1.29 is 19.0 Å². The molecule has 0 unspecified atom stereocenters. The maximum Gasteiger partial charge on any atom is 0.410 e. The fourth-order valence-electron chi connectivity index (χ4n) is 4.16. The Morgan fingerprint density at radius 3 is 2.75 bits per heavy atom. The maximum atomic E-state index is 12.8. The van der Waals surface area contributed by atoms with E-state index >= 15 is 0 Å². The van der Waals surface area contributed by atoms with E-state index in [9.17, 15) is 9.59 Å². The summed E-state index contributed by atoms with van der Waals surface area (Å²) in [6.07, 6.45) is 5.37. The number of carbonyl (C=O) groups excluding carboxylic acids is 1. The quantitative estimate of drug-likeness (QED) is 0.452. The Bertz CT molecular complexity index is 953. The van der Waals surface area contributed by atoms with Crippen LogP contribution in [0.4, 0.5) is 4.79 Å². The van der Waals surface area contributed by atoms with Crippen molar-refractivity contribution in [1.29, 1.82) is 0 Å². The van der Waals surface area contributed by atoms with Crippen LogP contribution in [-0.2, 0) is 20.8 Å². The lowest BCUT2D eigenvalue weighted by atomic mass is 9.94. The minimum atomic E-state index is -0.549. The first kappa shape index (κ1) is 24.2. The number of likely N-dealkylation sites (tertiary alicyclic amines) is 1. The molecule has 1 aromatic heterocycles. The first-order chi connectivity index (χ1) is 15.3. The SMILES string of the molecule is COCO[C@H]1CCCN(C(=O)OC(C)(C)C)[C@@H]1CCCCn1cnc2ccccc2c1=O. The minimum Gasteiger partial charge on any atom is -0.444 e. The normalized spacial score (nSPS) is 19.3. The van der Waals surface area contributed by atoms with E-state index < -0.39 is 5.60 Å². The van der Waals surface area contributed by atoms with Crippen molar-refractivity contribution >= 4 is 17.0 Å². The molecule has 1 aliphatic heterocycles. The van der Waals surface area contributed by atoms with Crippen LogP contribution in [0, 0.1) is 0 Å². The van der Waals surface area contributed by atoms with Gasteiger partial charge in [-0.05, 0) is 65.0 Å². The average Bonchev–Trinajstić information content (AvgIpc) is 2.75. The van der Waals surface area contributed by atoms with Crippen molar-refractivity contribution in [2.24, 2.45) is 0 Å². The molecular formula is C24H35N3O5. The van der Waals surface area contributed by atoms with E-state index in [4.69, 9.17) is 14.2 Å². The zero-order valence-electron chi connectivity index (χ0n) is 19.6.